The summed E-state index contributed by atoms with van der Waals surface area (Å²) in [4.78, 5) is 36.2. The zero-order valence-electron chi connectivity index (χ0n) is 16.8. The molecule has 7 heteroatoms. The molecule has 0 spiro atoms. The van der Waals surface area contributed by atoms with E-state index in [0.29, 0.717) is 28.2 Å². The third kappa shape index (κ3) is 5.93. The van der Waals surface area contributed by atoms with E-state index in [1.165, 1.54) is 20.1 Å². The molecule has 0 heterocycles. The van der Waals surface area contributed by atoms with Crippen molar-refractivity contribution in [1.82, 2.24) is 5.32 Å². The van der Waals surface area contributed by atoms with Crippen molar-refractivity contribution in [3.63, 3.8) is 0 Å². The number of amides is 1. The van der Waals surface area contributed by atoms with Crippen molar-refractivity contribution in [2.45, 2.75) is 20.8 Å². The fraction of sp³-hybridized carbons (Fsp3) is 0.227. The average Bonchev–Trinajstić information content (AvgIpc) is 2.69. The molecular weight excluding hydrogens is 374 g/mol. The van der Waals surface area contributed by atoms with E-state index >= 15 is 0 Å². The number of hydrogen-bond donors (Lipinski definition) is 1. The molecule has 152 valence electrons. The van der Waals surface area contributed by atoms with Crippen LogP contribution >= 0.6 is 0 Å². The van der Waals surface area contributed by atoms with Crippen molar-refractivity contribution < 1.29 is 28.6 Å². The number of carbonyl (C=O) groups is 3. The molecule has 7 nitrogen and oxygen atoms in total. The molecule has 2 aromatic carbocycles. The van der Waals surface area contributed by atoms with E-state index in [1.54, 1.807) is 56.3 Å². The van der Waals surface area contributed by atoms with Crippen LogP contribution in [0.3, 0.4) is 0 Å². The number of benzene rings is 2. The predicted octanol–water partition coefficient (Wildman–Crippen LogP) is 3.26. The quantitative estimate of drug-likeness (QED) is 0.438. The van der Waals surface area contributed by atoms with Gasteiger partial charge in [0.15, 0.2) is 11.5 Å². The number of methoxy groups -OCH3 is 1. The Morgan fingerprint density at radius 2 is 1.79 bits per heavy atom. The van der Waals surface area contributed by atoms with Gasteiger partial charge in [0.2, 0.25) is 0 Å². The van der Waals surface area contributed by atoms with Crippen LogP contribution < -0.4 is 14.8 Å². The lowest BCUT2D eigenvalue weighted by Crippen LogP contribution is -2.28. The van der Waals surface area contributed by atoms with Crippen LogP contribution in [-0.2, 0) is 14.3 Å². The molecule has 0 fully saturated rings. The molecule has 2 rings (SSSR count). The van der Waals surface area contributed by atoms with Gasteiger partial charge in [-0.05, 0) is 55.3 Å². The molecule has 0 unspecified atom stereocenters. The maximum absolute atomic E-state index is 12.5. The lowest BCUT2D eigenvalue weighted by atomic mass is 10.1. The fourth-order valence-corrected chi connectivity index (χ4v) is 2.58. The summed E-state index contributed by atoms with van der Waals surface area (Å²) in [7, 11) is 1.44. The first-order valence-electron chi connectivity index (χ1n) is 8.98. The van der Waals surface area contributed by atoms with E-state index in [9.17, 15) is 14.4 Å². The summed E-state index contributed by atoms with van der Waals surface area (Å²) in [6, 6.07) is 11.8. The second-order valence-corrected chi connectivity index (χ2v) is 6.06. The van der Waals surface area contributed by atoms with E-state index in [2.05, 4.69) is 5.32 Å². The third-order valence-corrected chi connectivity index (χ3v) is 3.82. The molecule has 0 saturated carbocycles. The topological polar surface area (TPSA) is 90.9 Å². The third-order valence-electron chi connectivity index (χ3n) is 3.82. The Hall–Kier alpha value is -3.61. The van der Waals surface area contributed by atoms with Gasteiger partial charge < -0.3 is 19.5 Å². The first-order chi connectivity index (χ1) is 13.8. The van der Waals surface area contributed by atoms with E-state index < -0.39 is 17.8 Å². The summed E-state index contributed by atoms with van der Waals surface area (Å²) in [5, 5.41) is 2.59. The number of ether oxygens (including phenoxy) is 3. The Bertz CT molecular complexity index is 934. The largest absolute Gasteiger partial charge is 0.493 e. The molecule has 1 amide bonds. The minimum atomic E-state index is -0.669. The number of esters is 2. The van der Waals surface area contributed by atoms with Gasteiger partial charge in [0.1, 0.15) is 5.70 Å². The maximum Gasteiger partial charge on any atom is 0.354 e. The van der Waals surface area contributed by atoms with Crippen LogP contribution in [0.25, 0.3) is 6.08 Å². The van der Waals surface area contributed by atoms with E-state index in [1.807, 2.05) is 0 Å². The second-order valence-electron chi connectivity index (χ2n) is 6.06. The number of nitrogens with one attached hydrogen (secondary N) is 1. The highest BCUT2D eigenvalue weighted by Gasteiger charge is 2.17. The van der Waals surface area contributed by atoms with Gasteiger partial charge in [-0.25, -0.2) is 4.79 Å². The molecule has 0 aromatic heterocycles. The van der Waals surface area contributed by atoms with Crippen molar-refractivity contribution in [2.24, 2.45) is 0 Å². The van der Waals surface area contributed by atoms with Gasteiger partial charge >= 0.3 is 11.9 Å². The van der Waals surface area contributed by atoms with Gasteiger partial charge in [-0.2, -0.15) is 0 Å². The monoisotopic (exact) mass is 397 g/mol. The van der Waals surface area contributed by atoms with Crippen molar-refractivity contribution in [3.05, 3.63) is 64.9 Å². The Morgan fingerprint density at radius 1 is 1.10 bits per heavy atom. The molecule has 0 atom stereocenters. The summed E-state index contributed by atoms with van der Waals surface area (Å²) in [5.41, 5.74) is 1.57. The number of aryl methyl sites for hydroxylation is 1. The molecular formula is C22H23NO6. The van der Waals surface area contributed by atoms with Crippen molar-refractivity contribution in [3.8, 4) is 11.5 Å². The molecule has 0 saturated heterocycles. The van der Waals surface area contributed by atoms with Crippen LogP contribution in [0.15, 0.2) is 48.2 Å². The van der Waals surface area contributed by atoms with Crippen LogP contribution in [0.1, 0.15) is 35.3 Å². The fourth-order valence-electron chi connectivity index (χ4n) is 2.58. The molecule has 1 N–H and O–H groups in total. The summed E-state index contributed by atoms with van der Waals surface area (Å²) in [5.74, 6) is -0.966. The molecule has 0 bridgehead atoms. The first-order valence-corrected chi connectivity index (χ1v) is 8.98. The molecule has 2 aromatic rings. The second kappa shape index (κ2) is 10.1. The predicted molar refractivity (Wildman–Crippen MR) is 108 cm³/mol. The highest BCUT2D eigenvalue weighted by molar-refractivity contribution is 6.03. The van der Waals surface area contributed by atoms with Crippen LogP contribution in [0.2, 0.25) is 0 Å². The number of rotatable bonds is 7. The zero-order chi connectivity index (χ0) is 21.4. The Morgan fingerprint density at radius 3 is 2.38 bits per heavy atom. The van der Waals surface area contributed by atoms with Gasteiger partial charge in [0.25, 0.3) is 5.91 Å². The summed E-state index contributed by atoms with van der Waals surface area (Å²) in [6.07, 6.45) is 1.48. The maximum atomic E-state index is 12.5. The lowest BCUT2D eigenvalue weighted by Gasteiger charge is -2.13. The van der Waals surface area contributed by atoms with Gasteiger partial charge in [-0.1, -0.05) is 18.2 Å². The highest BCUT2D eigenvalue weighted by atomic mass is 16.6. The number of carbonyl (C=O) groups excluding carboxylic acids is 3. The SMILES string of the molecule is CCOC(=O)C(=Cc1cc(C)c(OC(C)=O)c(OC)c1)NC(=O)c1ccccc1. The average molecular weight is 397 g/mol. The van der Waals surface area contributed by atoms with E-state index in [0.717, 1.165) is 0 Å². The summed E-state index contributed by atoms with van der Waals surface area (Å²) >= 11 is 0. The van der Waals surface area contributed by atoms with E-state index in [4.69, 9.17) is 14.2 Å². The zero-order valence-corrected chi connectivity index (χ0v) is 16.8. The van der Waals surface area contributed by atoms with Gasteiger partial charge in [0.05, 0.1) is 13.7 Å². The summed E-state index contributed by atoms with van der Waals surface area (Å²) < 4.78 is 15.5. The molecule has 0 radical (unpaired) electrons. The standard InChI is InChI=1S/C22H23NO6/c1-5-28-22(26)18(23-21(25)17-9-7-6-8-10-17)12-16-11-14(2)20(29-15(3)24)19(13-16)27-4/h6-13H,5H2,1-4H3,(H,23,25). The van der Waals surface area contributed by atoms with Crippen LogP contribution in [0, 0.1) is 6.92 Å². The van der Waals surface area contributed by atoms with Crippen molar-refractivity contribution in [2.75, 3.05) is 13.7 Å². The normalized spacial score (nSPS) is 10.8. The Kier molecular flexibility index (Phi) is 7.54. The van der Waals surface area contributed by atoms with Crippen LogP contribution in [0.5, 0.6) is 11.5 Å². The first kappa shape index (κ1) is 21.7. The Balaban J connectivity index is 2.42. The van der Waals surface area contributed by atoms with Crippen molar-refractivity contribution >= 4 is 23.9 Å². The van der Waals surface area contributed by atoms with Gasteiger partial charge in [0, 0.05) is 12.5 Å². The molecule has 29 heavy (non-hydrogen) atoms. The number of hydrogen-bond acceptors (Lipinski definition) is 6. The Labute approximate surface area is 169 Å². The minimum Gasteiger partial charge on any atom is -0.493 e. The van der Waals surface area contributed by atoms with Crippen molar-refractivity contribution in [1.29, 1.82) is 0 Å². The van der Waals surface area contributed by atoms with Gasteiger partial charge in [-0.3, -0.25) is 9.59 Å². The van der Waals surface area contributed by atoms with Gasteiger partial charge in [-0.15, -0.1) is 0 Å². The van der Waals surface area contributed by atoms with Crippen LogP contribution in [-0.4, -0.2) is 31.6 Å². The van der Waals surface area contributed by atoms with E-state index in [-0.39, 0.29) is 12.3 Å². The minimum absolute atomic E-state index is 0.0256. The van der Waals surface area contributed by atoms with Crippen LogP contribution in [0.4, 0.5) is 0 Å². The smallest absolute Gasteiger partial charge is 0.354 e. The highest BCUT2D eigenvalue weighted by Crippen LogP contribution is 2.33. The molecule has 0 aliphatic heterocycles. The lowest BCUT2D eigenvalue weighted by molar-refractivity contribution is -0.138. The molecule has 0 aliphatic carbocycles. The summed E-state index contributed by atoms with van der Waals surface area (Å²) in [6.45, 7) is 4.87. The molecule has 0 aliphatic rings.